The molecule has 22 heavy (non-hydrogen) atoms. The van der Waals surface area contributed by atoms with Gasteiger partial charge in [0.05, 0.1) is 0 Å². The second-order valence-corrected chi connectivity index (χ2v) is 5.41. The number of H-pyrrole nitrogens is 1. The van der Waals surface area contributed by atoms with Crippen LogP contribution in [0.1, 0.15) is 12.5 Å². The zero-order chi connectivity index (χ0) is 16.1. The quantitative estimate of drug-likeness (QED) is 0.859. The van der Waals surface area contributed by atoms with Crippen LogP contribution in [-0.4, -0.2) is 21.5 Å². The van der Waals surface area contributed by atoms with E-state index in [1.807, 2.05) is 25.1 Å². The van der Waals surface area contributed by atoms with Gasteiger partial charge in [0, 0.05) is 23.3 Å². The number of halogens is 1. The number of amides is 1. The van der Waals surface area contributed by atoms with E-state index in [0.29, 0.717) is 11.4 Å². The summed E-state index contributed by atoms with van der Waals surface area (Å²) in [6.45, 7) is 1.71. The second-order valence-electron chi connectivity index (χ2n) is 5.00. The van der Waals surface area contributed by atoms with Crippen LogP contribution in [-0.2, 0) is 17.8 Å². The summed E-state index contributed by atoms with van der Waals surface area (Å²) < 4.78 is 1.14. The summed E-state index contributed by atoms with van der Waals surface area (Å²) >= 11 is 6.08. The Labute approximate surface area is 131 Å². The first-order chi connectivity index (χ1) is 10.5. The highest BCUT2D eigenvalue weighted by Crippen LogP contribution is 2.16. The maximum atomic E-state index is 11.9. The van der Waals surface area contributed by atoms with Crippen molar-refractivity contribution in [2.75, 3.05) is 0 Å². The van der Waals surface area contributed by atoms with Gasteiger partial charge in [-0.25, -0.2) is 4.79 Å². The van der Waals surface area contributed by atoms with Gasteiger partial charge < -0.3 is 5.32 Å². The van der Waals surface area contributed by atoms with Gasteiger partial charge in [-0.1, -0.05) is 29.8 Å². The van der Waals surface area contributed by atoms with E-state index in [-0.39, 0.29) is 18.5 Å². The molecule has 0 aliphatic rings. The molecule has 2 aromatic rings. The van der Waals surface area contributed by atoms with Crippen molar-refractivity contribution in [3.63, 3.8) is 0 Å². The highest BCUT2D eigenvalue weighted by atomic mass is 35.5. The number of carbonyl (C=O) groups excluding carboxylic acids is 1. The standard InChI is InChI=1S/C15H16ClN3O3/c1-10(8-11-4-2-3-5-12(11)16)17-14(21)9-19-7-6-13(20)18-15(19)22/h2-7,10H,8-9H2,1H3,(H,17,21)(H,18,20,22)/t10-/m1/s1. The lowest BCUT2D eigenvalue weighted by Crippen LogP contribution is -2.39. The zero-order valence-corrected chi connectivity index (χ0v) is 12.8. The van der Waals surface area contributed by atoms with Crippen LogP contribution in [0.25, 0.3) is 0 Å². The van der Waals surface area contributed by atoms with Crippen molar-refractivity contribution in [1.82, 2.24) is 14.9 Å². The van der Waals surface area contributed by atoms with Crippen molar-refractivity contribution in [3.05, 3.63) is 68.0 Å². The van der Waals surface area contributed by atoms with Gasteiger partial charge in [-0.3, -0.25) is 19.1 Å². The third-order valence-electron chi connectivity index (χ3n) is 3.10. The summed E-state index contributed by atoms with van der Waals surface area (Å²) in [5.74, 6) is -0.311. The van der Waals surface area contributed by atoms with E-state index in [9.17, 15) is 14.4 Å². The minimum absolute atomic E-state index is 0.133. The molecule has 0 spiro atoms. The zero-order valence-electron chi connectivity index (χ0n) is 12.0. The van der Waals surface area contributed by atoms with Crippen molar-refractivity contribution in [1.29, 1.82) is 0 Å². The van der Waals surface area contributed by atoms with Gasteiger partial charge >= 0.3 is 5.69 Å². The fraction of sp³-hybridized carbons (Fsp3) is 0.267. The van der Waals surface area contributed by atoms with Crippen molar-refractivity contribution in [3.8, 4) is 0 Å². The lowest BCUT2D eigenvalue weighted by Gasteiger charge is -2.15. The Bertz CT molecular complexity index is 782. The number of hydrogen-bond acceptors (Lipinski definition) is 3. The van der Waals surface area contributed by atoms with E-state index < -0.39 is 11.2 Å². The van der Waals surface area contributed by atoms with Gasteiger partial charge in [-0.2, -0.15) is 0 Å². The molecule has 1 atom stereocenters. The topological polar surface area (TPSA) is 84.0 Å². The van der Waals surface area contributed by atoms with E-state index in [1.54, 1.807) is 6.07 Å². The molecule has 0 saturated heterocycles. The summed E-state index contributed by atoms with van der Waals surface area (Å²) in [6, 6.07) is 8.49. The highest BCUT2D eigenvalue weighted by Gasteiger charge is 2.11. The molecule has 116 valence electrons. The molecule has 1 aromatic carbocycles. The summed E-state index contributed by atoms with van der Waals surface area (Å²) in [4.78, 5) is 36.5. The molecule has 0 bridgehead atoms. The minimum atomic E-state index is -0.610. The van der Waals surface area contributed by atoms with Crippen LogP contribution in [0.5, 0.6) is 0 Å². The van der Waals surface area contributed by atoms with Crippen molar-refractivity contribution < 1.29 is 4.79 Å². The fourth-order valence-corrected chi connectivity index (χ4v) is 2.30. The molecular formula is C15H16ClN3O3. The predicted molar refractivity (Wildman–Crippen MR) is 84.1 cm³/mol. The molecule has 6 nitrogen and oxygen atoms in total. The predicted octanol–water partition coefficient (Wildman–Crippen LogP) is 0.937. The Kier molecular flexibility index (Phi) is 5.16. The first-order valence-corrected chi connectivity index (χ1v) is 7.16. The van der Waals surface area contributed by atoms with E-state index in [4.69, 9.17) is 11.6 Å². The molecule has 1 heterocycles. The van der Waals surface area contributed by atoms with Crippen molar-refractivity contribution >= 4 is 17.5 Å². The third-order valence-corrected chi connectivity index (χ3v) is 3.47. The minimum Gasteiger partial charge on any atom is -0.352 e. The van der Waals surface area contributed by atoms with Gasteiger partial charge in [-0.05, 0) is 25.0 Å². The maximum absolute atomic E-state index is 11.9. The van der Waals surface area contributed by atoms with Gasteiger partial charge in [0.15, 0.2) is 0 Å². The molecule has 0 saturated carbocycles. The molecule has 0 fully saturated rings. The summed E-state index contributed by atoms with van der Waals surface area (Å²) in [5, 5.41) is 3.45. The van der Waals surface area contributed by atoms with Crippen LogP contribution in [0.4, 0.5) is 0 Å². The lowest BCUT2D eigenvalue weighted by molar-refractivity contribution is -0.122. The van der Waals surface area contributed by atoms with Gasteiger partial charge in [0.1, 0.15) is 6.54 Å². The fourth-order valence-electron chi connectivity index (χ4n) is 2.09. The van der Waals surface area contributed by atoms with Gasteiger partial charge in [0.2, 0.25) is 5.91 Å². The smallest absolute Gasteiger partial charge is 0.328 e. The molecule has 1 amide bonds. The van der Waals surface area contributed by atoms with Gasteiger partial charge in [-0.15, -0.1) is 0 Å². The average Bonchev–Trinajstić information content (AvgIpc) is 2.44. The monoisotopic (exact) mass is 321 g/mol. The molecular weight excluding hydrogens is 306 g/mol. The van der Waals surface area contributed by atoms with Crippen LogP contribution >= 0.6 is 11.6 Å². The molecule has 2 rings (SSSR count). The number of benzene rings is 1. The Hall–Kier alpha value is -2.34. The largest absolute Gasteiger partial charge is 0.352 e. The lowest BCUT2D eigenvalue weighted by atomic mass is 10.1. The van der Waals surface area contributed by atoms with E-state index in [0.717, 1.165) is 10.1 Å². The van der Waals surface area contributed by atoms with Crippen molar-refractivity contribution in [2.24, 2.45) is 0 Å². The Morgan fingerprint density at radius 3 is 2.73 bits per heavy atom. The number of carbonyl (C=O) groups is 1. The van der Waals surface area contributed by atoms with Crippen LogP contribution in [0.15, 0.2) is 46.1 Å². The second kappa shape index (κ2) is 7.09. The molecule has 0 unspecified atom stereocenters. The summed E-state index contributed by atoms with van der Waals surface area (Å²) in [6.07, 6.45) is 1.88. The summed E-state index contributed by atoms with van der Waals surface area (Å²) in [7, 11) is 0. The number of rotatable bonds is 5. The van der Waals surface area contributed by atoms with Gasteiger partial charge in [0.25, 0.3) is 5.56 Å². The van der Waals surface area contributed by atoms with Crippen LogP contribution in [0, 0.1) is 0 Å². The number of hydrogen-bond donors (Lipinski definition) is 2. The number of aromatic amines is 1. The first-order valence-electron chi connectivity index (χ1n) is 6.78. The molecule has 0 aliphatic heterocycles. The molecule has 0 radical (unpaired) electrons. The third kappa shape index (κ3) is 4.33. The van der Waals surface area contributed by atoms with Crippen LogP contribution in [0.3, 0.4) is 0 Å². The average molecular weight is 322 g/mol. The van der Waals surface area contributed by atoms with Crippen LogP contribution < -0.4 is 16.6 Å². The SMILES string of the molecule is C[C@H](Cc1ccccc1Cl)NC(=O)Cn1ccc(=O)[nH]c1=O. The Balaban J connectivity index is 1.95. The number of nitrogens with zero attached hydrogens (tertiary/aromatic N) is 1. The first kappa shape index (κ1) is 16.0. The Morgan fingerprint density at radius 1 is 1.32 bits per heavy atom. The summed E-state index contributed by atoms with van der Waals surface area (Å²) in [5.41, 5.74) is -0.159. The maximum Gasteiger partial charge on any atom is 0.328 e. The van der Waals surface area contributed by atoms with E-state index in [2.05, 4.69) is 10.3 Å². The Morgan fingerprint density at radius 2 is 2.05 bits per heavy atom. The molecule has 0 aliphatic carbocycles. The highest BCUT2D eigenvalue weighted by molar-refractivity contribution is 6.31. The normalized spacial score (nSPS) is 11.9. The number of aromatic nitrogens is 2. The molecule has 1 aromatic heterocycles. The molecule has 7 heteroatoms. The number of nitrogens with one attached hydrogen (secondary N) is 2. The van der Waals surface area contributed by atoms with E-state index in [1.165, 1.54) is 12.3 Å². The van der Waals surface area contributed by atoms with Crippen LogP contribution in [0.2, 0.25) is 5.02 Å². The van der Waals surface area contributed by atoms with Crippen molar-refractivity contribution in [2.45, 2.75) is 25.9 Å². The molecule has 2 N–H and O–H groups in total. The van der Waals surface area contributed by atoms with E-state index >= 15 is 0 Å².